The number of para-hydroxylation sites is 1. The molecule has 25 heavy (non-hydrogen) atoms. The number of carbonyl (C=O) groups is 1. The summed E-state index contributed by atoms with van der Waals surface area (Å²) in [4.78, 5) is 14.4. The fourth-order valence-electron chi connectivity index (χ4n) is 3.30. The second-order valence-electron chi connectivity index (χ2n) is 7.33. The SMILES string of the molecule is O=C(CC1CC1)N1CCCCc2ccccc2OC[C@@H](O)[C@@H](O)CC1. The number of nitrogens with zero attached hydrogens (tertiary/aromatic N) is 1. The Kier molecular flexibility index (Phi) is 6.32. The van der Waals surface area contributed by atoms with Crippen molar-refractivity contribution >= 4 is 5.91 Å². The summed E-state index contributed by atoms with van der Waals surface area (Å²) in [5.74, 6) is 1.53. The molecular weight excluding hydrogens is 318 g/mol. The van der Waals surface area contributed by atoms with E-state index in [9.17, 15) is 15.0 Å². The minimum Gasteiger partial charge on any atom is -0.491 e. The molecule has 2 N–H and O–H groups in total. The van der Waals surface area contributed by atoms with E-state index in [0.717, 1.165) is 50.0 Å². The number of carbonyl (C=O) groups excluding carboxylic acids is 1. The average Bonchev–Trinajstić information content (AvgIpc) is 3.42. The van der Waals surface area contributed by atoms with Crippen LogP contribution in [-0.2, 0) is 11.2 Å². The summed E-state index contributed by atoms with van der Waals surface area (Å²) in [6, 6.07) is 7.84. The van der Waals surface area contributed by atoms with Gasteiger partial charge in [0.2, 0.25) is 5.91 Å². The normalized spacial score (nSPS) is 25.8. The van der Waals surface area contributed by atoms with Gasteiger partial charge >= 0.3 is 0 Å². The number of rotatable bonds is 2. The summed E-state index contributed by atoms with van der Waals surface area (Å²) in [7, 11) is 0. The van der Waals surface area contributed by atoms with E-state index in [1.165, 1.54) is 0 Å². The predicted molar refractivity (Wildman–Crippen MR) is 95.4 cm³/mol. The third kappa shape index (κ3) is 5.44. The summed E-state index contributed by atoms with van der Waals surface area (Å²) < 4.78 is 5.73. The van der Waals surface area contributed by atoms with Crippen LogP contribution in [-0.4, -0.2) is 52.9 Å². The van der Waals surface area contributed by atoms with Crippen molar-refractivity contribution in [1.82, 2.24) is 4.90 Å². The van der Waals surface area contributed by atoms with Crippen LogP contribution in [0.15, 0.2) is 24.3 Å². The maximum atomic E-state index is 12.5. The highest BCUT2D eigenvalue weighted by Gasteiger charge is 2.28. The number of aliphatic hydroxyl groups is 2. The minimum absolute atomic E-state index is 0.0637. The lowest BCUT2D eigenvalue weighted by Gasteiger charge is -2.25. The molecule has 0 bridgehead atoms. The van der Waals surface area contributed by atoms with Crippen molar-refractivity contribution in [3.8, 4) is 5.75 Å². The Morgan fingerprint density at radius 1 is 1.08 bits per heavy atom. The topological polar surface area (TPSA) is 70.0 Å². The maximum absolute atomic E-state index is 12.5. The van der Waals surface area contributed by atoms with Gasteiger partial charge < -0.3 is 19.8 Å². The molecule has 0 aromatic heterocycles. The molecule has 2 atom stereocenters. The molecule has 0 unspecified atom stereocenters. The summed E-state index contributed by atoms with van der Waals surface area (Å²) in [6.45, 7) is 1.28. The molecule has 1 aromatic rings. The highest BCUT2D eigenvalue weighted by atomic mass is 16.5. The zero-order valence-electron chi connectivity index (χ0n) is 14.8. The van der Waals surface area contributed by atoms with Gasteiger partial charge in [-0.05, 0) is 56.1 Å². The molecule has 1 aliphatic carbocycles. The third-order valence-corrected chi connectivity index (χ3v) is 5.16. The fourth-order valence-corrected chi connectivity index (χ4v) is 3.30. The summed E-state index contributed by atoms with van der Waals surface area (Å²) in [5, 5.41) is 20.4. The van der Waals surface area contributed by atoms with Crippen molar-refractivity contribution in [2.24, 2.45) is 5.92 Å². The molecule has 1 aromatic carbocycles. The van der Waals surface area contributed by atoms with Gasteiger partial charge in [-0.25, -0.2) is 0 Å². The van der Waals surface area contributed by atoms with Gasteiger partial charge in [0.1, 0.15) is 18.5 Å². The number of aryl methyl sites for hydroxylation is 1. The second-order valence-corrected chi connectivity index (χ2v) is 7.33. The van der Waals surface area contributed by atoms with Crippen LogP contribution in [0.5, 0.6) is 5.75 Å². The standard InChI is InChI=1S/C20H29NO4/c22-17-10-12-21(20(24)13-15-8-9-15)11-4-3-6-16-5-1-2-7-19(16)25-14-18(17)23/h1-2,5,7,15,17-18,22-23H,3-4,6,8-14H2/t17-,18+/m0/s1. The van der Waals surface area contributed by atoms with Crippen LogP contribution in [0.4, 0.5) is 0 Å². The van der Waals surface area contributed by atoms with Gasteiger partial charge in [0.05, 0.1) is 6.10 Å². The maximum Gasteiger partial charge on any atom is 0.222 e. The largest absolute Gasteiger partial charge is 0.491 e. The van der Waals surface area contributed by atoms with Crippen LogP contribution in [0, 0.1) is 5.92 Å². The Hall–Kier alpha value is -1.59. The quantitative estimate of drug-likeness (QED) is 0.860. The predicted octanol–water partition coefficient (Wildman–Crippen LogP) is 2.14. The van der Waals surface area contributed by atoms with Gasteiger partial charge in [0, 0.05) is 19.5 Å². The Morgan fingerprint density at radius 2 is 1.88 bits per heavy atom. The molecule has 1 fully saturated rings. The fraction of sp³-hybridized carbons (Fsp3) is 0.650. The van der Waals surface area contributed by atoms with E-state index in [1.54, 1.807) is 0 Å². The molecule has 138 valence electrons. The molecular formula is C20H29NO4. The van der Waals surface area contributed by atoms with Crippen LogP contribution < -0.4 is 4.74 Å². The lowest BCUT2D eigenvalue weighted by Crippen LogP contribution is -2.38. The number of ether oxygens (including phenoxy) is 1. The first-order valence-electron chi connectivity index (χ1n) is 9.48. The van der Waals surface area contributed by atoms with E-state index in [0.29, 0.717) is 25.3 Å². The van der Waals surface area contributed by atoms with Crippen molar-refractivity contribution in [1.29, 1.82) is 0 Å². The Morgan fingerprint density at radius 3 is 2.68 bits per heavy atom. The van der Waals surface area contributed by atoms with Crippen molar-refractivity contribution in [2.75, 3.05) is 19.7 Å². The highest BCUT2D eigenvalue weighted by molar-refractivity contribution is 5.76. The van der Waals surface area contributed by atoms with Gasteiger partial charge in [0.25, 0.3) is 0 Å². The molecule has 0 spiro atoms. The van der Waals surface area contributed by atoms with E-state index < -0.39 is 12.2 Å². The first-order chi connectivity index (χ1) is 12.1. The molecule has 2 aliphatic rings. The average molecular weight is 347 g/mol. The summed E-state index contributed by atoms with van der Waals surface area (Å²) >= 11 is 0. The first-order valence-corrected chi connectivity index (χ1v) is 9.48. The lowest BCUT2D eigenvalue weighted by atomic mass is 10.1. The van der Waals surface area contributed by atoms with Crippen LogP contribution in [0.1, 0.15) is 44.1 Å². The molecule has 1 heterocycles. The Labute approximate surface area is 149 Å². The highest BCUT2D eigenvalue weighted by Crippen LogP contribution is 2.33. The van der Waals surface area contributed by atoms with Crippen LogP contribution in [0.25, 0.3) is 0 Å². The summed E-state index contributed by atoms with van der Waals surface area (Å²) in [5.41, 5.74) is 1.11. The monoisotopic (exact) mass is 347 g/mol. The van der Waals surface area contributed by atoms with Crippen molar-refractivity contribution in [3.63, 3.8) is 0 Å². The van der Waals surface area contributed by atoms with E-state index in [1.807, 2.05) is 29.2 Å². The molecule has 5 nitrogen and oxygen atoms in total. The van der Waals surface area contributed by atoms with Crippen LogP contribution in [0.2, 0.25) is 0 Å². The lowest BCUT2D eigenvalue weighted by molar-refractivity contribution is -0.132. The smallest absolute Gasteiger partial charge is 0.222 e. The van der Waals surface area contributed by atoms with E-state index in [4.69, 9.17) is 4.74 Å². The van der Waals surface area contributed by atoms with Crippen molar-refractivity contribution in [2.45, 2.75) is 57.2 Å². The molecule has 1 aliphatic heterocycles. The number of hydrogen-bond donors (Lipinski definition) is 2. The van der Waals surface area contributed by atoms with Gasteiger partial charge in [-0.3, -0.25) is 4.79 Å². The number of fused-ring (bicyclic) bond motifs is 1. The molecule has 5 heteroatoms. The second kappa shape index (κ2) is 8.68. The molecule has 0 radical (unpaired) electrons. The van der Waals surface area contributed by atoms with Crippen LogP contribution in [0.3, 0.4) is 0 Å². The van der Waals surface area contributed by atoms with Gasteiger partial charge in [-0.15, -0.1) is 0 Å². The third-order valence-electron chi connectivity index (χ3n) is 5.16. The first kappa shape index (κ1) is 18.2. The van der Waals surface area contributed by atoms with E-state index in [-0.39, 0.29) is 12.5 Å². The van der Waals surface area contributed by atoms with Gasteiger partial charge in [-0.1, -0.05) is 18.2 Å². The summed E-state index contributed by atoms with van der Waals surface area (Å²) in [6.07, 6.45) is 4.30. The molecule has 3 rings (SSSR count). The number of benzene rings is 1. The van der Waals surface area contributed by atoms with Crippen molar-refractivity contribution in [3.05, 3.63) is 29.8 Å². The Balaban J connectivity index is 1.66. The molecule has 1 amide bonds. The zero-order valence-corrected chi connectivity index (χ0v) is 14.8. The number of amides is 1. The van der Waals surface area contributed by atoms with E-state index >= 15 is 0 Å². The van der Waals surface area contributed by atoms with E-state index in [2.05, 4.69) is 0 Å². The Bertz CT molecular complexity index is 573. The zero-order chi connectivity index (χ0) is 17.6. The van der Waals surface area contributed by atoms with Crippen molar-refractivity contribution < 1.29 is 19.7 Å². The molecule has 1 saturated carbocycles. The number of aliphatic hydroxyl groups excluding tert-OH is 2. The number of hydrogen-bond acceptors (Lipinski definition) is 4. The van der Waals surface area contributed by atoms with Gasteiger partial charge in [-0.2, -0.15) is 0 Å². The molecule has 0 saturated heterocycles. The van der Waals surface area contributed by atoms with Gasteiger partial charge in [0.15, 0.2) is 0 Å². The van der Waals surface area contributed by atoms with Crippen LogP contribution >= 0.6 is 0 Å². The minimum atomic E-state index is -0.950.